The number of hydrogen-bond acceptors (Lipinski definition) is 2. The lowest BCUT2D eigenvalue weighted by molar-refractivity contribution is -0.142. The maximum atomic E-state index is 12.6. The van der Waals surface area contributed by atoms with E-state index in [-0.39, 0.29) is 5.91 Å². The van der Waals surface area contributed by atoms with Gasteiger partial charge in [0.2, 0.25) is 5.91 Å². The molecule has 108 valence electrons. The van der Waals surface area contributed by atoms with Gasteiger partial charge in [-0.05, 0) is 18.4 Å². The summed E-state index contributed by atoms with van der Waals surface area (Å²) >= 11 is 0. The Hall–Kier alpha value is -1.84. The van der Waals surface area contributed by atoms with E-state index in [0.29, 0.717) is 25.9 Å². The van der Waals surface area contributed by atoms with Gasteiger partial charge in [0.15, 0.2) is 0 Å². The molecule has 1 aromatic carbocycles. The number of carbonyl (C=O) groups is 2. The molecule has 0 aliphatic carbocycles. The van der Waals surface area contributed by atoms with Gasteiger partial charge in [0.1, 0.15) is 0 Å². The maximum absolute atomic E-state index is 12.6. The molecule has 1 saturated heterocycles. The van der Waals surface area contributed by atoms with E-state index in [2.05, 4.69) is 0 Å². The van der Waals surface area contributed by atoms with E-state index < -0.39 is 17.3 Å². The normalized spacial score (nSPS) is 19.1. The van der Waals surface area contributed by atoms with Gasteiger partial charge in [-0.2, -0.15) is 0 Å². The number of carbonyl (C=O) groups excluding carboxylic acids is 1. The van der Waals surface area contributed by atoms with Crippen LogP contribution < -0.4 is 0 Å². The van der Waals surface area contributed by atoms with Gasteiger partial charge in [0.25, 0.3) is 0 Å². The molecule has 1 unspecified atom stereocenters. The van der Waals surface area contributed by atoms with Crippen LogP contribution in [0.4, 0.5) is 0 Å². The van der Waals surface area contributed by atoms with Crippen LogP contribution in [0.25, 0.3) is 0 Å². The van der Waals surface area contributed by atoms with Crippen molar-refractivity contribution in [1.82, 2.24) is 4.90 Å². The number of rotatable bonds is 4. The number of amides is 1. The van der Waals surface area contributed by atoms with Crippen LogP contribution >= 0.6 is 0 Å². The Bertz CT molecular complexity index is 496. The minimum atomic E-state index is -0.804. The summed E-state index contributed by atoms with van der Waals surface area (Å²) in [6.07, 6.45) is 1.23. The second-order valence-electron chi connectivity index (χ2n) is 6.12. The van der Waals surface area contributed by atoms with Crippen molar-refractivity contribution < 1.29 is 14.7 Å². The van der Waals surface area contributed by atoms with Crippen molar-refractivity contribution in [2.45, 2.75) is 26.7 Å². The monoisotopic (exact) mass is 275 g/mol. The average Bonchev–Trinajstić information content (AvgIpc) is 2.88. The van der Waals surface area contributed by atoms with Crippen molar-refractivity contribution in [3.63, 3.8) is 0 Å². The fourth-order valence-corrected chi connectivity index (χ4v) is 2.76. The molecule has 0 aromatic heterocycles. The third-order valence-corrected chi connectivity index (χ3v) is 3.89. The van der Waals surface area contributed by atoms with E-state index >= 15 is 0 Å². The number of likely N-dealkylation sites (tertiary alicyclic amines) is 1. The van der Waals surface area contributed by atoms with Crippen LogP contribution in [0.15, 0.2) is 30.3 Å². The molecule has 1 fully saturated rings. The molecule has 1 aromatic rings. The Morgan fingerprint density at radius 2 is 1.95 bits per heavy atom. The quantitative estimate of drug-likeness (QED) is 0.916. The molecule has 4 nitrogen and oxygen atoms in total. The third-order valence-electron chi connectivity index (χ3n) is 3.89. The number of aliphatic carboxylic acids is 1. The summed E-state index contributed by atoms with van der Waals surface area (Å²) in [5, 5.41) is 9.01. The Kier molecular flexibility index (Phi) is 4.12. The van der Waals surface area contributed by atoms with Gasteiger partial charge in [-0.15, -0.1) is 0 Å². The standard InChI is InChI=1S/C16H21NO3/c1-16(2,10-12-6-4-3-5-7-12)15(20)17-9-8-13(11-17)14(18)19/h3-7,13H,8-11H2,1-2H3,(H,18,19). The van der Waals surface area contributed by atoms with Gasteiger partial charge in [-0.1, -0.05) is 44.2 Å². The SMILES string of the molecule is CC(C)(Cc1ccccc1)C(=O)N1CCC(C(=O)O)C1. The Morgan fingerprint density at radius 1 is 1.30 bits per heavy atom. The summed E-state index contributed by atoms with van der Waals surface area (Å²) in [4.78, 5) is 25.2. The van der Waals surface area contributed by atoms with E-state index in [4.69, 9.17) is 5.11 Å². The molecule has 1 amide bonds. The van der Waals surface area contributed by atoms with Crippen molar-refractivity contribution in [3.8, 4) is 0 Å². The lowest BCUT2D eigenvalue weighted by atomic mass is 9.84. The highest BCUT2D eigenvalue weighted by molar-refractivity contribution is 5.83. The molecule has 0 bridgehead atoms. The van der Waals surface area contributed by atoms with Gasteiger partial charge >= 0.3 is 5.97 Å². The third kappa shape index (κ3) is 3.18. The summed E-state index contributed by atoms with van der Waals surface area (Å²) < 4.78 is 0. The topological polar surface area (TPSA) is 57.6 Å². The number of carboxylic acids is 1. The van der Waals surface area contributed by atoms with Crippen LogP contribution in [0.2, 0.25) is 0 Å². The zero-order chi connectivity index (χ0) is 14.8. The molecule has 0 radical (unpaired) electrons. The summed E-state index contributed by atoms with van der Waals surface area (Å²) in [6, 6.07) is 9.91. The first-order valence-electron chi connectivity index (χ1n) is 6.96. The highest BCUT2D eigenvalue weighted by Gasteiger charge is 2.37. The summed E-state index contributed by atoms with van der Waals surface area (Å²) in [7, 11) is 0. The van der Waals surface area contributed by atoms with Crippen molar-refractivity contribution in [2.75, 3.05) is 13.1 Å². The molecule has 1 atom stereocenters. The van der Waals surface area contributed by atoms with Crippen LogP contribution in [-0.2, 0) is 16.0 Å². The molecule has 1 heterocycles. The fraction of sp³-hybridized carbons (Fsp3) is 0.500. The van der Waals surface area contributed by atoms with Crippen LogP contribution in [0.5, 0.6) is 0 Å². The number of carboxylic acid groups (broad SMARTS) is 1. The van der Waals surface area contributed by atoms with E-state index in [0.717, 1.165) is 5.56 Å². The van der Waals surface area contributed by atoms with Gasteiger partial charge in [-0.25, -0.2) is 0 Å². The van der Waals surface area contributed by atoms with Crippen LogP contribution in [0.1, 0.15) is 25.8 Å². The molecule has 2 rings (SSSR count). The van der Waals surface area contributed by atoms with E-state index in [1.54, 1.807) is 4.90 Å². The zero-order valence-electron chi connectivity index (χ0n) is 12.0. The van der Waals surface area contributed by atoms with Crippen molar-refractivity contribution in [3.05, 3.63) is 35.9 Å². The van der Waals surface area contributed by atoms with E-state index in [1.165, 1.54) is 0 Å². The Morgan fingerprint density at radius 3 is 2.50 bits per heavy atom. The lowest BCUT2D eigenvalue weighted by Crippen LogP contribution is -2.41. The number of nitrogens with zero attached hydrogens (tertiary/aromatic N) is 1. The number of hydrogen-bond donors (Lipinski definition) is 1. The van der Waals surface area contributed by atoms with Crippen molar-refractivity contribution >= 4 is 11.9 Å². The summed E-state index contributed by atoms with van der Waals surface area (Å²) in [6.45, 7) is 4.74. The molecular weight excluding hydrogens is 254 g/mol. The number of benzene rings is 1. The maximum Gasteiger partial charge on any atom is 0.308 e. The smallest absolute Gasteiger partial charge is 0.308 e. The molecule has 1 aliphatic heterocycles. The summed E-state index contributed by atoms with van der Waals surface area (Å²) in [5.41, 5.74) is 0.620. The van der Waals surface area contributed by atoms with Crippen LogP contribution in [0.3, 0.4) is 0 Å². The first-order valence-corrected chi connectivity index (χ1v) is 6.96. The molecular formula is C16H21NO3. The highest BCUT2D eigenvalue weighted by Crippen LogP contribution is 2.28. The van der Waals surface area contributed by atoms with Crippen LogP contribution in [0, 0.1) is 11.3 Å². The Labute approximate surface area is 119 Å². The van der Waals surface area contributed by atoms with Gasteiger partial charge in [0.05, 0.1) is 5.92 Å². The summed E-state index contributed by atoms with van der Waals surface area (Å²) in [5.74, 6) is -1.17. The lowest BCUT2D eigenvalue weighted by Gasteiger charge is -2.29. The first-order chi connectivity index (χ1) is 9.40. The molecule has 0 saturated carbocycles. The van der Waals surface area contributed by atoms with Gasteiger partial charge in [-0.3, -0.25) is 9.59 Å². The minimum Gasteiger partial charge on any atom is -0.481 e. The molecule has 1 N–H and O–H groups in total. The van der Waals surface area contributed by atoms with Crippen molar-refractivity contribution in [2.24, 2.45) is 11.3 Å². The molecule has 1 aliphatic rings. The van der Waals surface area contributed by atoms with E-state index in [9.17, 15) is 9.59 Å². The molecule has 0 spiro atoms. The van der Waals surface area contributed by atoms with Crippen LogP contribution in [-0.4, -0.2) is 35.0 Å². The van der Waals surface area contributed by atoms with Gasteiger partial charge in [0, 0.05) is 18.5 Å². The first kappa shape index (κ1) is 14.6. The predicted molar refractivity (Wildman–Crippen MR) is 76.2 cm³/mol. The minimum absolute atomic E-state index is 0.0464. The van der Waals surface area contributed by atoms with Crippen molar-refractivity contribution in [1.29, 1.82) is 0 Å². The largest absolute Gasteiger partial charge is 0.481 e. The highest BCUT2D eigenvalue weighted by atomic mass is 16.4. The van der Waals surface area contributed by atoms with E-state index in [1.807, 2.05) is 44.2 Å². The second-order valence-corrected chi connectivity index (χ2v) is 6.12. The zero-order valence-corrected chi connectivity index (χ0v) is 12.0. The predicted octanol–water partition coefficient (Wildman–Crippen LogP) is 2.19. The second kappa shape index (κ2) is 5.65. The Balaban J connectivity index is 2.02. The molecule has 4 heteroatoms. The average molecular weight is 275 g/mol. The fourth-order valence-electron chi connectivity index (χ4n) is 2.76. The van der Waals surface area contributed by atoms with Gasteiger partial charge < -0.3 is 10.0 Å². The molecule has 20 heavy (non-hydrogen) atoms.